The van der Waals surface area contributed by atoms with Gasteiger partial charge in [-0.05, 0) is 43.5 Å². The van der Waals surface area contributed by atoms with Crippen LogP contribution in [0.4, 0.5) is 0 Å². The van der Waals surface area contributed by atoms with Crippen LogP contribution in [0.2, 0.25) is 0 Å². The number of hydrogen-bond donors (Lipinski definition) is 2. The lowest BCUT2D eigenvalue weighted by Crippen LogP contribution is -2.19. The Kier molecular flexibility index (Phi) is 2.91. The second-order valence-electron chi connectivity index (χ2n) is 4.65. The topological polar surface area (TPSA) is 50.7 Å². The average molecular weight is 235 g/mol. The van der Waals surface area contributed by atoms with E-state index in [2.05, 4.69) is 5.32 Å². The van der Waals surface area contributed by atoms with E-state index >= 15 is 0 Å². The normalized spacial score (nSPS) is 19.4. The van der Waals surface area contributed by atoms with E-state index in [1.807, 2.05) is 18.2 Å². The van der Waals surface area contributed by atoms with Gasteiger partial charge in [0, 0.05) is 6.04 Å². The van der Waals surface area contributed by atoms with E-state index in [0.717, 1.165) is 30.0 Å². The van der Waals surface area contributed by atoms with Gasteiger partial charge in [0.1, 0.15) is 0 Å². The summed E-state index contributed by atoms with van der Waals surface area (Å²) in [6.07, 6.45) is 2.85. The van der Waals surface area contributed by atoms with Gasteiger partial charge in [0.15, 0.2) is 11.5 Å². The third-order valence-corrected chi connectivity index (χ3v) is 3.21. The smallest absolute Gasteiger partial charge is 0.231 e. The van der Waals surface area contributed by atoms with E-state index in [1.165, 1.54) is 12.8 Å². The second-order valence-corrected chi connectivity index (χ2v) is 4.65. The average Bonchev–Trinajstić information content (AvgIpc) is 3.04. The molecular formula is C13H17NO3. The summed E-state index contributed by atoms with van der Waals surface area (Å²) in [5.74, 6) is 1.49. The van der Waals surface area contributed by atoms with E-state index < -0.39 is 6.10 Å². The van der Waals surface area contributed by atoms with E-state index in [-0.39, 0.29) is 6.79 Å². The van der Waals surface area contributed by atoms with Crippen LogP contribution in [0.3, 0.4) is 0 Å². The minimum atomic E-state index is -0.434. The molecule has 1 atom stereocenters. The van der Waals surface area contributed by atoms with Gasteiger partial charge >= 0.3 is 0 Å². The Hall–Kier alpha value is -1.26. The molecule has 0 spiro atoms. The van der Waals surface area contributed by atoms with Crippen molar-refractivity contribution < 1.29 is 14.6 Å². The van der Waals surface area contributed by atoms with Crippen molar-refractivity contribution in [2.24, 2.45) is 0 Å². The Labute approximate surface area is 101 Å². The zero-order valence-electron chi connectivity index (χ0n) is 9.69. The fourth-order valence-corrected chi connectivity index (χ4v) is 2.00. The maximum atomic E-state index is 10.0. The maximum absolute atomic E-state index is 10.0. The monoisotopic (exact) mass is 235 g/mol. The number of ether oxygens (including phenoxy) is 2. The van der Waals surface area contributed by atoms with Crippen LogP contribution < -0.4 is 14.8 Å². The standard InChI is InChI=1S/C13H17NO3/c15-11(5-6-14-10-2-3-10)9-1-4-12-13(7-9)17-8-16-12/h1,4,7,10-11,14-15H,2-3,5-6,8H2. The van der Waals surface area contributed by atoms with Crippen LogP contribution in [0.5, 0.6) is 11.5 Å². The zero-order valence-corrected chi connectivity index (χ0v) is 9.69. The van der Waals surface area contributed by atoms with Gasteiger partial charge < -0.3 is 19.9 Å². The SMILES string of the molecule is OC(CCNC1CC1)c1ccc2c(c1)OCO2. The van der Waals surface area contributed by atoms with Crippen molar-refractivity contribution in [1.82, 2.24) is 5.32 Å². The molecule has 2 aliphatic rings. The van der Waals surface area contributed by atoms with Gasteiger partial charge in [0.2, 0.25) is 6.79 Å². The van der Waals surface area contributed by atoms with Crippen LogP contribution in [-0.2, 0) is 0 Å². The molecule has 0 amide bonds. The molecule has 1 aliphatic heterocycles. The highest BCUT2D eigenvalue weighted by atomic mass is 16.7. The summed E-state index contributed by atoms with van der Waals surface area (Å²) in [5.41, 5.74) is 0.895. The third kappa shape index (κ3) is 2.53. The first-order valence-electron chi connectivity index (χ1n) is 6.14. The van der Waals surface area contributed by atoms with Gasteiger partial charge in [-0.1, -0.05) is 6.07 Å². The maximum Gasteiger partial charge on any atom is 0.231 e. The van der Waals surface area contributed by atoms with E-state index in [9.17, 15) is 5.11 Å². The molecule has 1 saturated carbocycles. The summed E-state index contributed by atoms with van der Waals surface area (Å²) in [4.78, 5) is 0. The van der Waals surface area contributed by atoms with Crippen molar-refractivity contribution in [2.75, 3.05) is 13.3 Å². The highest BCUT2D eigenvalue weighted by Crippen LogP contribution is 2.34. The van der Waals surface area contributed by atoms with Crippen molar-refractivity contribution in [2.45, 2.75) is 31.4 Å². The van der Waals surface area contributed by atoms with E-state index in [4.69, 9.17) is 9.47 Å². The predicted molar refractivity (Wildman–Crippen MR) is 63.2 cm³/mol. The summed E-state index contributed by atoms with van der Waals surface area (Å²) >= 11 is 0. The first-order chi connectivity index (χ1) is 8.33. The Morgan fingerprint density at radius 3 is 2.94 bits per heavy atom. The molecule has 3 rings (SSSR count). The fraction of sp³-hybridized carbons (Fsp3) is 0.538. The van der Waals surface area contributed by atoms with Crippen LogP contribution in [-0.4, -0.2) is 24.5 Å². The lowest BCUT2D eigenvalue weighted by Gasteiger charge is -2.12. The molecule has 1 aromatic carbocycles. The van der Waals surface area contributed by atoms with Crippen molar-refractivity contribution in [3.8, 4) is 11.5 Å². The van der Waals surface area contributed by atoms with E-state index in [1.54, 1.807) is 0 Å². The number of rotatable bonds is 5. The van der Waals surface area contributed by atoms with E-state index in [0.29, 0.717) is 6.04 Å². The van der Waals surface area contributed by atoms with Gasteiger partial charge in [-0.25, -0.2) is 0 Å². The van der Waals surface area contributed by atoms with Gasteiger partial charge in [-0.2, -0.15) is 0 Å². The van der Waals surface area contributed by atoms with Gasteiger partial charge in [0.05, 0.1) is 6.10 Å². The highest BCUT2D eigenvalue weighted by Gasteiger charge is 2.21. The molecule has 1 heterocycles. The molecule has 0 saturated heterocycles. The minimum absolute atomic E-state index is 0.276. The van der Waals surface area contributed by atoms with Crippen molar-refractivity contribution in [1.29, 1.82) is 0 Å². The first kappa shape index (κ1) is 10.9. The summed E-state index contributed by atoms with van der Waals surface area (Å²) in [6.45, 7) is 1.14. The molecule has 0 aromatic heterocycles. The van der Waals surface area contributed by atoms with Crippen LogP contribution in [0.1, 0.15) is 30.9 Å². The summed E-state index contributed by atoms with van der Waals surface area (Å²) in [7, 11) is 0. The largest absolute Gasteiger partial charge is 0.454 e. The molecule has 17 heavy (non-hydrogen) atoms. The Morgan fingerprint density at radius 1 is 1.29 bits per heavy atom. The Bertz CT molecular complexity index is 404. The molecule has 4 heteroatoms. The van der Waals surface area contributed by atoms with Crippen molar-refractivity contribution >= 4 is 0 Å². The molecule has 0 bridgehead atoms. The number of hydrogen-bond acceptors (Lipinski definition) is 4. The third-order valence-electron chi connectivity index (χ3n) is 3.21. The first-order valence-corrected chi connectivity index (χ1v) is 6.14. The molecule has 0 radical (unpaired) electrons. The van der Waals surface area contributed by atoms with Crippen LogP contribution in [0.15, 0.2) is 18.2 Å². The molecule has 1 unspecified atom stereocenters. The molecule has 1 aromatic rings. The Morgan fingerprint density at radius 2 is 2.12 bits per heavy atom. The number of aliphatic hydroxyl groups excluding tert-OH is 1. The lowest BCUT2D eigenvalue weighted by atomic mass is 10.1. The van der Waals surface area contributed by atoms with Crippen LogP contribution in [0.25, 0.3) is 0 Å². The fourth-order valence-electron chi connectivity index (χ4n) is 2.00. The lowest BCUT2D eigenvalue weighted by molar-refractivity contribution is 0.165. The van der Waals surface area contributed by atoms with Crippen molar-refractivity contribution in [3.05, 3.63) is 23.8 Å². The molecule has 1 aliphatic carbocycles. The molecule has 2 N–H and O–H groups in total. The quantitative estimate of drug-likeness (QED) is 0.813. The molecule has 92 valence electrons. The summed E-state index contributed by atoms with van der Waals surface area (Å²) in [6, 6.07) is 6.31. The second kappa shape index (κ2) is 4.55. The van der Waals surface area contributed by atoms with Gasteiger partial charge in [0.25, 0.3) is 0 Å². The number of fused-ring (bicyclic) bond motifs is 1. The number of aliphatic hydroxyl groups is 1. The highest BCUT2D eigenvalue weighted by molar-refractivity contribution is 5.45. The summed E-state index contributed by atoms with van der Waals surface area (Å²) in [5, 5.41) is 13.4. The molecule has 1 fully saturated rings. The number of nitrogens with one attached hydrogen (secondary N) is 1. The number of benzene rings is 1. The molecule has 4 nitrogen and oxygen atoms in total. The van der Waals surface area contributed by atoms with Gasteiger partial charge in [-0.15, -0.1) is 0 Å². The summed E-state index contributed by atoms with van der Waals surface area (Å²) < 4.78 is 10.5. The minimum Gasteiger partial charge on any atom is -0.454 e. The van der Waals surface area contributed by atoms with Crippen LogP contribution >= 0.6 is 0 Å². The Balaban J connectivity index is 1.58. The zero-order chi connectivity index (χ0) is 11.7. The molecular weight excluding hydrogens is 218 g/mol. The van der Waals surface area contributed by atoms with Crippen molar-refractivity contribution in [3.63, 3.8) is 0 Å². The predicted octanol–water partition coefficient (Wildman–Crippen LogP) is 1.59. The van der Waals surface area contributed by atoms with Crippen LogP contribution in [0, 0.1) is 0 Å². The van der Waals surface area contributed by atoms with Gasteiger partial charge in [-0.3, -0.25) is 0 Å².